The van der Waals surface area contributed by atoms with E-state index in [9.17, 15) is 22.8 Å². The van der Waals surface area contributed by atoms with Crippen LogP contribution < -0.4 is 10.6 Å². The number of carbonyl (C=O) groups excluding carboxylic acids is 2. The molecule has 0 aliphatic heterocycles. The van der Waals surface area contributed by atoms with Crippen molar-refractivity contribution in [3.8, 4) is 0 Å². The van der Waals surface area contributed by atoms with Gasteiger partial charge in [-0.15, -0.1) is 0 Å². The Labute approximate surface area is 147 Å². The van der Waals surface area contributed by atoms with E-state index in [1.54, 1.807) is 0 Å². The SMILES string of the molecule is CC(C)(C(=O)Nc1ccc(F)c(Cl)c1)C(=O)Nc1ccc(F)cc1F. The van der Waals surface area contributed by atoms with E-state index in [4.69, 9.17) is 11.6 Å². The molecule has 25 heavy (non-hydrogen) atoms. The summed E-state index contributed by atoms with van der Waals surface area (Å²) >= 11 is 5.63. The first-order chi connectivity index (χ1) is 11.6. The van der Waals surface area contributed by atoms with Gasteiger partial charge in [0.2, 0.25) is 11.8 Å². The van der Waals surface area contributed by atoms with E-state index in [0.717, 1.165) is 18.2 Å². The molecule has 2 aromatic rings. The number of rotatable bonds is 4. The monoisotopic (exact) mass is 370 g/mol. The first-order valence-corrected chi connectivity index (χ1v) is 7.52. The van der Waals surface area contributed by atoms with Crippen molar-refractivity contribution in [2.45, 2.75) is 13.8 Å². The van der Waals surface area contributed by atoms with Crippen LogP contribution in [0.5, 0.6) is 0 Å². The molecule has 0 saturated carbocycles. The first kappa shape index (κ1) is 18.8. The van der Waals surface area contributed by atoms with Crippen LogP contribution >= 0.6 is 11.6 Å². The van der Waals surface area contributed by atoms with Crippen molar-refractivity contribution in [1.29, 1.82) is 0 Å². The maximum Gasteiger partial charge on any atom is 0.239 e. The number of amides is 2. The predicted molar refractivity (Wildman–Crippen MR) is 88.8 cm³/mol. The van der Waals surface area contributed by atoms with Crippen LogP contribution in [0.4, 0.5) is 24.5 Å². The minimum atomic E-state index is -1.60. The third-order valence-electron chi connectivity index (χ3n) is 3.49. The standard InChI is InChI=1S/C17H14ClF3N2O2/c1-17(2,15(24)22-10-4-5-12(20)11(18)8-10)16(25)23-14-6-3-9(19)7-13(14)21/h3-8H,1-2H3,(H,22,24)(H,23,25). The third-order valence-corrected chi connectivity index (χ3v) is 3.78. The summed E-state index contributed by atoms with van der Waals surface area (Å²) in [7, 11) is 0. The summed E-state index contributed by atoms with van der Waals surface area (Å²) in [5.74, 6) is -3.92. The second-order valence-electron chi connectivity index (χ2n) is 5.79. The molecule has 2 amide bonds. The number of benzene rings is 2. The van der Waals surface area contributed by atoms with E-state index < -0.39 is 34.7 Å². The molecule has 2 aromatic carbocycles. The van der Waals surface area contributed by atoms with Gasteiger partial charge in [0.25, 0.3) is 0 Å². The smallest absolute Gasteiger partial charge is 0.239 e. The second kappa shape index (κ2) is 7.14. The van der Waals surface area contributed by atoms with Gasteiger partial charge in [0.1, 0.15) is 22.9 Å². The van der Waals surface area contributed by atoms with Crippen LogP contribution in [0, 0.1) is 22.9 Å². The highest BCUT2D eigenvalue weighted by molar-refractivity contribution is 6.31. The van der Waals surface area contributed by atoms with E-state index in [0.29, 0.717) is 6.07 Å². The predicted octanol–water partition coefficient (Wildman–Crippen LogP) is 4.36. The average molecular weight is 371 g/mol. The van der Waals surface area contributed by atoms with Gasteiger partial charge in [0.15, 0.2) is 0 Å². The molecule has 0 aliphatic carbocycles. The van der Waals surface area contributed by atoms with Crippen molar-refractivity contribution in [2.24, 2.45) is 5.41 Å². The van der Waals surface area contributed by atoms with Gasteiger partial charge in [0.05, 0.1) is 10.7 Å². The van der Waals surface area contributed by atoms with Crippen LogP contribution in [-0.4, -0.2) is 11.8 Å². The van der Waals surface area contributed by atoms with Crippen molar-refractivity contribution < 1.29 is 22.8 Å². The summed E-state index contributed by atoms with van der Waals surface area (Å²) in [5.41, 5.74) is -1.65. The maximum absolute atomic E-state index is 13.6. The van der Waals surface area contributed by atoms with E-state index in [1.807, 2.05) is 0 Å². The Balaban J connectivity index is 2.13. The van der Waals surface area contributed by atoms with Gasteiger partial charge in [0, 0.05) is 11.8 Å². The summed E-state index contributed by atoms with van der Waals surface area (Å²) < 4.78 is 39.7. The van der Waals surface area contributed by atoms with Crippen LogP contribution in [0.3, 0.4) is 0 Å². The van der Waals surface area contributed by atoms with E-state index in [-0.39, 0.29) is 16.4 Å². The Kier molecular flexibility index (Phi) is 5.37. The third kappa shape index (κ3) is 4.30. The lowest BCUT2D eigenvalue weighted by Gasteiger charge is -2.23. The Hall–Kier alpha value is -2.54. The fourth-order valence-corrected chi connectivity index (χ4v) is 2.01. The van der Waals surface area contributed by atoms with Gasteiger partial charge < -0.3 is 10.6 Å². The van der Waals surface area contributed by atoms with E-state index in [1.165, 1.54) is 26.0 Å². The molecule has 0 heterocycles. The zero-order chi connectivity index (χ0) is 18.8. The molecule has 0 aromatic heterocycles. The quantitative estimate of drug-likeness (QED) is 0.785. The van der Waals surface area contributed by atoms with E-state index in [2.05, 4.69) is 10.6 Å². The molecule has 132 valence electrons. The Morgan fingerprint density at radius 3 is 2.16 bits per heavy atom. The molecule has 0 spiro atoms. The van der Waals surface area contributed by atoms with E-state index >= 15 is 0 Å². The van der Waals surface area contributed by atoms with Crippen molar-refractivity contribution in [2.75, 3.05) is 10.6 Å². The number of hydrogen-bond donors (Lipinski definition) is 2. The minimum Gasteiger partial charge on any atom is -0.325 e. The van der Waals surface area contributed by atoms with Crippen molar-refractivity contribution in [3.05, 3.63) is 58.9 Å². The highest BCUT2D eigenvalue weighted by Crippen LogP contribution is 2.25. The molecule has 8 heteroatoms. The molecule has 0 unspecified atom stereocenters. The minimum absolute atomic E-state index is 0.187. The summed E-state index contributed by atoms with van der Waals surface area (Å²) in [4.78, 5) is 24.6. The topological polar surface area (TPSA) is 58.2 Å². The molecule has 0 fully saturated rings. The molecule has 4 nitrogen and oxygen atoms in total. The van der Waals surface area contributed by atoms with Crippen LogP contribution in [0.25, 0.3) is 0 Å². The van der Waals surface area contributed by atoms with Gasteiger partial charge in [-0.3, -0.25) is 9.59 Å². The first-order valence-electron chi connectivity index (χ1n) is 7.14. The number of carbonyl (C=O) groups is 2. The highest BCUT2D eigenvalue weighted by atomic mass is 35.5. The zero-order valence-corrected chi connectivity index (χ0v) is 14.0. The summed E-state index contributed by atoms with van der Waals surface area (Å²) in [6.45, 7) is 2.65. The van der Waals surface area contributed by atoms with Crippen molar-refractivity contribution in [1.82, 2.24) is 0 Å². The molecule has 0 atom stereocenters. The molecule has 2 rings (SSSR count). The lowest BCUT2D eigenvalue weighted by molar-refractivity contribution is -0.135. The van der Waals surface area contributed by atoms with Gasteiger partial charge in [-0.05, 0) is 44.2 Å². The Bertz CT molecular complexity index is 841. The largest absolute Gasteiger partial charge is 0.325 e. The molecule has 2 N–H and O–H groups in total. The second-order valence-corrected chi connectivity index (χ2v) is 6.19. The number of halogens is 4. The molecule has 0 radical (unpaired) electrons. The van der Waals surface area contributed by atoms with Crippen LogP contribution in [0.15, 0.2) is 36.4 Å². The van der Waals surface area contributed by atoms with Crippen LogP contribution in [0.2, 0.25) is 5.02 Å². The fourth-order valence-electron chi connectivity index (χ4n) is 1.83. The van der Waals surface area contributed by atoms with Crippen LogP contribution in [0.1, 0.15) is 13.8 Å². The highest BCUT2D eigenvalue weighted by Gasteiger charge is 2.36. The summed E-state index contributed by atoms with van der Waals surface area (Å²) in [6, 6.07) is 6.19. The van der Waals surface area contributed by atoms with Crippen molar-refractivity contribution >= 4 is 34.8 Å². The van der Waals surface area contributed by atoms with Gasteiger partial charge in [-0.25, -0.2) is 13.2 Å². The normalized spacial score (nSPS) is 11.1. The summed E-state index contributed by atoms with van der Waals surface area (Å²) in [5, 5.41) is 4.49. The molecular formula is C17H14ClF3N2O2. The molecule has 0 saturated heterocycles. The molecule has 0 bridgehead atoms. The lowest BCUT2D eigenvalue weighted by atomic mass is 9.90. The average Bonchev–Trinajstić information content (AvgIpc) is 2.53. The Morgan fingerprint density at radius 2 is 1.56 bits per heavy atom. The maximum atomic E-state index is 13.6. The number of anilines is 2. The zero-order valence-electron chi connectivity index (χ0n) is 13.3. The van der Waals surface area contributed by atoms with Crippen molar-refractivity contribution in [3.63, 3.8) is 0 Å². The lowest BCUT2D eigenvalue weighted by Crippen LogP contribution is -2.41. The number of nitrogens with one attached hydrogen (secondary N) is 2. The van der Waals surface area contributed by atoms with Crippen LogP contribution in [-0.2, 0) is 9.59 Å². The van der Waals surface area contributed by atoms with Gasteiger partial charge in [-0.1, -0.05) is 11.6 Å². The van der Waals surface area contributed by atoms with Gasteiger partial charge in [-0.2, -0.15) is 0 Å². The summed E-state index contributed by atoms with van der Waals surface area (Å²) in [6.07, 6.45) is 0. The van der Waals surface area contributed by atoms with Gasteiger partial charge >= 0.3 is 0 Å². The Morgan fingerprint density at radius 1 is 0.920 bits per heavy atom. The molecule has 0 aliphatic rings. The number of hydrogen-bond acceptors (Lipinski definition) is 2. The molecular weight excluding hydrogens is 357 g/mol. The fraction of sp³-hybridized carbons (Fsp3) is 0.176.